The van der Waals surface area contributed by atoms with Crippen molar-refractivity contribution in [2.75, 3.05) is 13.1 Å². The Morgan fingerprint density at radius 3 is 2.52 bits per heavy atom. The number of nitrogens with one attached hydrogen (secondary N) is 2. The number of hydrogen-bond acceptors (Lipinski definition) is 4. The average Bonchev–Trinajstić information content (AvgIpc) is 2.36. The van der Waals surface area contributed by atoms with Crippen LogP contribution in [0, 0.1) is 19.3 Å². The summed E-state index contributed by atoms with van der Waals surface area (Å²) in [6, 6.07) is 0. The quantitative estimate of drug-likeness (QED) is 0.571. The van der Waals surface area contributed by atoms with E-state index in [4.69, 9.17) is 11.5 Å². The summed E-state index contributed by atoms with van der Waals surface area (Å²) in [5.41, 5.74) is -0.532. The van der Waals surface area contributed by atoms with Crippen molar-refractivity contribution in [3.05, 3.63) is 32.1 Å². The number of aliphatic carboxylic acids is 1. The molecule has 112 valence electrons. The van der Waals surface area contributed by atoms with E-state index in [0.29, 0.717) is 5.69 Å². The second-order valence-electron chi connectivity index (χ2n) is 4.36. The van der Waals surface area contributed by atoms with Gasteiger partial charge < -0.3 is 15.0 Å². The molecule has 0 aliphatic rings. The molecular formula is C13H15N3O5. The van der Waals surface area contributed by atoms with Crippen molar-refractivity contribution < 1.29 is 14.7 Å². The molecule has 0 fully saturated rings. The van der Waals surface area contributed by atoms with Crippen LogP contribution in [0.3, 0.4) is 0 Å². The molecule has 0 spiro atoms. The first-order chi connectivity index (χ1) is 9.85. The highest BCUT2D eigenvalue weighted by Gasteiger charge is 2.17. The SMILES string of the molecule is C#CCN(CC(=O)O)C(=O)CCc1c(C)[nH]c(=O)[nH]c1=O. The highest BCUT2D eigenvalue weighted by atomic mass is 16.4. The first kappa shape index (κ1) is 16.2. The van der Waals surface area contributed by atoms with E-state index >= 15 is 0 Å². The van der Waals surface area contributed by atoms with Gasteiger partial charge in [0.1, 0.15) is 6.54 Å². The van der Waals surface area contributed by atoms with E-state index in [-0.39, 0.29) is 24.9 Å². The number of H-pyrrole nitrogens is 2. The third-order valence-electron chi connectivity index (χ3n) is 2.80. The highest BCUT2D eigenvalue weighted by Crippen LogP contribution is 2.03. The monoisotopic (exact) mass is 293 g/mol. The molecule has 0 unspecified atom stereocenters. The molecule has 1 aromatic heterocycles. The van der Waals surface area contributed by atoms with E-state index in [1.54, 1.807) is 6.92 Å². The molecule has 0 atom stereocenters. The van der Waals surface area contributed by atoms with Crippen LogP contribution < -0.4 is 11.2 Å². The maximum Gasteiger partial charge on any atom is 0.325 e. The molecule has 1 rings (SSSR count). The summed E-state index contributed by atoms with van der Waals surface area (Å²) in [4.78, 5) is 50.7. The predicted octanol–water partition coefficient (Wildman–Crippen LogP) is -1.15. The molecule has 1 aromatic rings. The highest BCUT2D eigenvalue weighted by molar-refractivity contribution is 5.81. The number of nitrogens with zero attached hydrogens (tertiary/aromatic N) is 1. The Labute approximate surface area is 119 Å². The van der Waals surface area contributed by atoms with Gasteiger partial charge in [-0.25, -0.2) is 4.79 Å². The van der Waals surface area contributed by atoms with Crippen LogP contribution in [0.5, 0.6) is 0 Å². The number of carbonyl (C=O) groups is 2. The van der Waals surface area contributed by atoms with Crippen LogP contribution in [-0.2, 0) is 16.0 Å². The standard InChI is InChI=1S/C13H15N3O5/c1-3-6-16(7-11(18)19)10(17)5-4-9-8(2)14-13(21)15-12(9)20/h1H,4-7H2,2H3,(H,18,19)(H2,14,15,20,21). The predicted molar refractivity (Wildman–Crippen MR) is 73.8 cm³/mol. The van der Waals surface area contributed by atoms with E-state index in [2.05, 4.69) is 15.9 Å². The minimum Gasteiger partial charge on any atom is -0.480 e. The maximum atomic E-state index is 11.9. The fourth-order valence-electron chi connectivity index (χ4n) is 1.82. The Hall–Kier alpha value is -2.82. The Balaban J connectivity index is 2.80. The summed E-state index contributed by atoms with van der Waals surface area (Å²) >= 11 is 0. The summed E-state index contributed by atoms with van der Waals surface area (Å²) in [5.74, 6) is 0.567. The normalized spacial score (nSPS) is 9.90. The molecular weight excluding hydrogens is 278 g/mol. The topological polar surface area (TPSA) is 123 Å². The molecule has 1 amide bonds. The van der Waals surface area contributed by atoms with E-state index in [1.807, 2.05) is 0 Å². The molecule has 8 heteroatoms. The van der Waals surface area contributed by atoms with Gasteiger partial charge in [0.2, 0.25) is 5.91 Å². The van der Waals surface area contributed by atoms with E-state index in [9.17, 15) is 19.2 Å². The Kier molecular flexibility index (Phi) is 5.48. The van der Waals surface area contributed by atoms with Gasteiger partial charge in [0.05, 0.1) is 6.54 Å². The first-order valence-electron chi connectivity index (χ1n) is 6.10. The minimum atomic E-state index is -1.17. The second kappa shape index (κ2) is 7.09. The number of terminal acetylenes is 1. The van der Waals surface area contributed by atoms with Gasteiger partial charge in [0.15, 0.2) is 0 Å². The van der Waals surface area contributed by atoms with Crippen LogP contribution in [0.1, 0.15) is 17.7 Å². The fraction of sp³-hybridized carbons (Fsp3) is 0.385. The molecule has 0 aliphatic carbocycles. The van der Waals surface area contributed by atoms with E-state index < -0.39 is 29.7 Å². The smallest absolute Gasteiger partial charge is 0.325 e. The van der Waals surface area contributed by atoms with Crippen molar-refractivity contribution in [1.82, 2.24) is 14.9 Å². The molecule has 0 saturated carbocycles. The van der Waals surface area contributed by atoms with Crippen LogP contribution in [0.2, 0.25) is 0 Å². The Morgan fingerprint density at radius 2 is 2.00 bits per heavy atom. The lowest BCUT2D eigenvalue weighted by molar-refractivity contribution is -0.144. The van der Waals surface area contributed by atoms with Crippen molar-refractivity contribution in [3.63, 3.8) is 0 Å². The summed E-state index contributed by atoms with van der Waals surface area (Å²) in [6.45, 7) is 0.934. The van der Waals surface area contributed by atoms with Crippen molar-refractivity contribution in [3.8, 4) is 12.3 Å². The number of aromatic amines is 2. The molecule has 21 heavy (non-hydrogen) atoms. The van der Waals surface area contributed by atoms with Crippen molar-refractivity contribution in [2.45, 2.75) is 19.8 Å². The first-order valence-corrected chi connectivity index (χ1v) is 6.10. The van der Waals surface area contributed by atoms with Gasteiger partial charge in [0.25, 0.3) is 5.56 Å². The summed E-state index contributed by atoms with van der Waals surface area (Å²) < 4.78 is 0. The third kappa shape index (κ3) is 4.65. The number of aryl methyl sites for hydroxylation is 1. The largest absolute Gasteiger partial charge is 0.480 e. The van der Waals surface area contributed by atoms with E-state index in [0.717, 1.165) is 4.90 Å². The number of carboxylic acids is 1. The van der Waals surface area contributed by atoms with Gasteiger partial charge in [-0.1, -0.05) is 5.92 Å². The average molecular weight is 293 g/mol. The van der Waals surface area contributed by atoms with Gasteiger partial charge in [-0.15, -0.1) is 6.42 Å². The van der Waals surface area contributed by atoms with Crippen LogP contribution >= 0.6 is 0 Å². The molecule has 0 aromatic carbocycles. The van der Waals surface area contributed by atoms with Gasteiger partial charge in [0, 0.05) is 17.7 Å². The molecule has 0 radical (unpaired) electrons. The number of aromatic nitrogens is 2. The zero-order valence-corrected chi connectivity index (χ0v) is 11.4. The van der Waals surface area contributed by atoms with Crippen LogP contribution in [-0.4, -0.2) is 44.9 Å². The lowest BCUT2D eigenvalue weighted by atomic mass is 10.1. The molecule has 0 bridgehead atoms. The summed E-state index contributed by atoms with van der Waals surface area (Å²) in [7, 11) is 0. The Morgan fingerprint density at radius 1 is 1.33 bits per heavy atom. The molecule has 1 heterocycles. The lowest BCUT2D eigenvalue weighted by Gasteiger charge is -2.17. The number of rotatable bonds is 6. The number of amides is 1. The Bertz CT molecular complexity index is 695. The number of carbonyl (C=O) groups excluding carboxylic acids is 1. The zero-order chi connectivity index (χ0) is 16.0. The zero-order valence-electron chi connectivity index (χ0n) is 11.4. The van der Waals surface area contributed by atoms with Gasteiger partial charge in [-0.05, 0) is 13.3 Å². The van der Waals surface area contributed by atoms with Crippen LogP contribution in [0.25, 0.3) is 0 Å². The molecule has 3 N–H and O–H groups in total. The maximum absolute atomic E-state index is 11.9. The van der Waals surface area contributed by atoms with Gasteiger partial charge in [-0.3, -0.25) is 19.4 Å². The minimum absolute atomic E-state index is 0.0784. The van der Waals surface area contributed by atoms with Gasteiger partial charge in [-0.2, -0.15) is 0 Å². The van der Waals surface area contributed by atoms with Crippen LogP contribution in [0.15, 0.2) is 9.59 Å². The second-order valence-corrected chi connectivity index (χ2v) is 4.36. The number of carboxylic acid groups (broad SMARTS) is 1. The molecule has 0 saturated heterocycles. The lowest BCUT2D eigenvalue weighted by Crippen LogP contribution is -2.36. The summed E-state index contributed by atoms with van der Waals surface area (Å²) in [5, 5.41) is 8.71. The van der Waals surface area contributed by atoms with Crippen molar-refractivity contribution in [1.29, 1.82) is 0 Å². The van der Waals surface area contributed by atoms with Gasteiger partial charge >= 0.3 is 11.7 Å². The van der Waals surface area contributed by atoms with Crippen LogP contribution in [0.4, 0.5) is 0 Å². The van der Waals surface area contributed by atoms with Crippen molar-refractivity contribution in [2.24, 2.45) is 0 Å². The third-order valence-corrected chi connectivity index (χ3v) is 2.80. The number of hydrogen-bond donors (Lipinski definition) is 3. The molecule has 0 aliphatic heterocycles. The molecule has 8 nitrogen and oxygen atoms in total. The van der Waals surface area contributed by atoms with Crippen molar-refractivity contribution >= 4 is 11.9 Å². The van der Waals surface area contributed by atoms with E-state index in [1.165, 1.54) is 0 Å². The fourth-order valence-corrected chi connectivity index (χ4v) is 1.82. The summed E-state index contributed by atoms with van der Waals surface area (Å²) in [6.07, 6.45) is 5.09.